The van der Waals surface area contributed by atoms with Crippen molar-refractivity contribution >= 4 is 22.5 Å². The van der Waals surface area contributed by atoms with Gasteiger partial charge in [0, 0.05) is 42.9 Å². The molecule has 0 bridgehead atoms. The predicted molar refractivity (Wildman–Crippen MR) is 114 cm³/mol. The second-order valence-electron chi connectivity index (χ2n) is 7.14. The van der Waals surface area contributed by atoms with Crippen LogP contribution in [0.25, 0.3) is 10.9 Å². The van der Waals surface area contributed by atoms with E-state index in [0.29, 0.717) is 18.8 Å². The third-order valence-corrected chi connectivity index (χ3v) is 5.24. The number of pyridine rings is 1. The van der Waals surface area contributed by atoms with Crippen LogP contribution in [0.4, 0.5) is 5.69 Å². The van der Waals surface area contributed by atoms with Gasteiger partial charge in [-0.1, -0.05) is 18.2 Å². The second kappa shape index (κ2) is 8.39. The number of para-hydroxylation sites is 1. The van der Waals surface area contributed by atoms with Crippen LogP contribution in [0.2, 0.25) is 0 Å². The summed E-state index contributed by atoms with van der Waals surface area (Å²) in [5.41, 5.74) is 2.87. The van der Waals surface area contributed by atoms with Gasteiger partial charge in [0.25, 0.3) is 5.91 Å². The van der Waals surface area contributed by atoms with Crippen LogP contribution in [0, 0.1) is 6.92 Å². The lowest BCUT2D eigenvalue weighted by Gasteiger charge is -2.36. The maximum atomic E-state index is 12.6. The second-order valence-corrected chi connectivity index (χ2v) is 7.14. The molecular weight excluding hydrogens is 366 g/mol. The first-order valence-corrected chi connectivity index (χ1v) is 9.80. The van der Waals surface area contributed by atoms with Crippen molar-refractivity contribution in [1.82, 2.24) is 9.88 Å². The SMILES string of the molecule is COc1ccc(N2CCN(C(=O)COc3cccc4ccc(C)nc34)CC2)cc1. The molecule has 0 aliphatic carbocycles. The van der Waals surface area contributed by atoms with E-state index in [-0.39, 0.29) is 12.5 Å². The van der Waals surface area contributed by atoms with Gasteiger partial charge in [0.15, 0.2) is 6.61 Å². The van der Waals surface area contributed by atoms with Crippen molar-refractivity contribution in [3.05, 3.63) is 60.3 Å². The van der Waals surface area contributed by atoms with Gasteiger partial charge in [0.1, 0.15) is 17.0 Å². The summed E-state index contributed by atoms with van der Waals surface area (Å²) in [6.07, 6.45) is 0. The minimum Gasteiger partial charge on any atom is -0.497 e. The fourth-order valence-electron chi connectivity index (χ4n) is 3.57. The van der Waals surface area contributed by atoms with Crippen molar-refractivity contribution < 1.29 is 14.3 Å². The van der Waals surface area contributed by atoms with Gasteiger partial charge >= 0.3 is 0 Å². The Labute approximate surface area is 170 Å². The minimum absolute atomic E-state index is 0.00374. The first-order valence-electron chi connectivity index (χ1n) is 9.80. The average molecular weight is 391 g/mol. The minimum atomic E-state index is 0.00374. The zero-order valence-electron chi connectivity index (χ0n) is 16.8. The van der Waals surface area contributed by atoms with E-state index in [1.165, 1.54) is 0 Å². The highest BCUT2D eigenvalue weighted by molar-refractivity contribution is 5.85. The molecule has 0 atom stereocenters. The zero-order chi connectivity index (χ0) is 20.2. The Balaban J connectivity index is 1.34. The van der Waals surface area contributed by atoms with E-state index in [0.717, 1.165) is 41.1 Å². The van der Waals surface area contributed by atoms with Crippen LogP contribution in [0.3, 0.4) is 0 Å². The van der Waals surface area contributed by atoms with Crippen LogP contribution in [0.15, 0.2) is 54.6 Å². The first-order chi connectivity index (χ1) is 14.1. The molecular formula is C23H25N3O3. The number of carbonyl (C=O) groups excluding carboxylic acids is 1. The molecule has 1 amide bonds. The van der Waals surface area contributed by atoms with Crippen molar-refractivity contribution in [3.8, 4) is 11.5 Å². The molecule has 0 unspecified atom stereocenters. The number of piperazine rings is 1. The van der Waals surface area contributed by atoms with Gasteiger partial charge in [-0.25, -0.2) is 4.98 Å². The smallest absolute Gasteiger partial charge is 0.260 e. The number of anilines is 1. The molecule has 0 N–H and O–H groups in total. The number of carbonyl (C=O) groups is 1. The first kappa shape index (κ1) is 19.1. The quantitative estimate of drug-likeness (QED) is 0.668. The van der Waals surface area contributed by atoms with Gasteiger partial charge in [0.2, 0.25) is 0 Å². The molecule has 1 aliphatic rings. The number of aromatic nitrogens is 1. The molecule has 150 valence electrons. The third kappa shape index (κ3) is 4.26. The number of ether oxygens (including phenoxy) is 2. The summed E-state index contributed by atoms with van der Waals surface area (Å²) in [5.74, 6) is 1.50. The monoisotopic (exact) mass is 391 g/mol. The molecule has 3 aromatic rings. The van der Waals surface area contributed by atoms with Gasteiger partial charge in [-0.05, 0) is 43.3 Å². The highest BCUT2D eigenvalue weighted by Gasteiger charge is 2.22. The Bertz CT molecular complexity index is 996. The molecule has 1 aromatic heterocycles. The number of amides is 1. The molecule has 0 saturated carbocycles. The van der Waals surface area contributed by atoms with E-state index < -0.39 is 0 Å². The zero-order valence-corrected chi connectivity index (χ0v) is 16.8. The van der Waals surface area contributed by atoms with Gasteiger partial charge in [0.05, 0.1) is 7.11 Å². The molecule has 6 nitrogen and oxygen atoms in total. The standard InChI is InChI=1S/C23H25N3O3/c1-17-6-7-18-4-3-5-21(23(18)24-17)29-16-22(27)26-14-12-25(13-15-26)19-8-10-20(28-2)11-9-19/h3-11H,12-16H2,1-2H3. The van der Waals surface area contributed by atoms with Crippen molar-refractivity contribution in [2.75, 3.05) is 44.8 Å². The Morgan fingerprint density at radius 2 is 1.76 bits per heavy atom. The maximum absolute atomic E-state index is 12.6. The van der Waals surface area contributed by atoms with Crippen LogP contribution < -0.4 is 14.4 Å². The van der Waals surface area contributed by atoms with E-state index in [9.17, 15) is 4.79 Å². The summed E-state index contributed by atoms with van der Waals surface area (Å²) in [6.45, 7) is 4.93. The molecule has 1 saturated heterocycles. The number of hydrogen-bond donors (Lipinski definition) is 0. The maximum Gasteiger partial charge on any atom is 0.260 e. The lowest BCUT2D eigenvalue weighted by atomic mass is 10.2. The van der Waals surface area contributed by atoms with Gasteiger partial charge in [-0.3, -0.25) is 4.79 Å². The summed E-state index contributed by atoms with van der Waals surface area (Å²) >= 11 is 0. The number of benzene rings is 2. The van der Waals surface area contributed by atoms with Crippen molar-refractivity contribution in [2.45, 2.75) is 6.92 Å². The molecule has 1 aliphatic heterocycles. The molecule has 2 aromatic carbocycles. The Morgan fingerprint density at radius 3 is 2.48 bits per heavy atom. The van der Waals surface area contributed by atoms with Gasteiger partial charge in [-0.15, -0.1) is 0 Å². The predicted octanol–water partition coefficient (Wildman–Crippen LogP) is 3.28. The molecule has 6 heteroatoms. The van der Waals surface area contributed by atoms with Crippen molar-refractivity contribution in [2.24, 2.45) is 0 Å². The Morgan fingerprint density at radius 1 is 1.00 bits per heavy atom. The lowest BCUT2D eigenvalue weighted by molar-refractivity contribution is -0.133. The van der Waals surface area contributed by atoms with Crippen LogP contribution in [-0.4, -0.2) is 55.7 Å². The van der Waals surface area contributed by atoms with E-state index in [1.807, 2.05) is 54.3 Å². The number of aryl methyl sites for hydroxylation is 1. The fraction of sp³-hybridized carbons (Fsp3) is 0.304. The summed E-state index contributed by atoms with van der Waals surface area (Å²) < 4.78 is 11.1. The number of rotatable bonds is 5. The lowest BCUT2D eigenvalue weighted by Crippen LogP contribution is -2.50. The normalized spacial score (nSPS) is 14.1. The Kier molecular flexibility index (Phi) is 5.51. The van der Waals surface area contributed by atoms with Crippen molar-refractivity contribution in [1.29, 1.82) is 0 Å². The van der Waals surface area contributed by atoms with Crippen LogP contribution >= 0.6 is 0 Å². The molecule has 0 radical (unpaired) electrons. The van der Waals surface area contributed by atoms with E-state index in [2.05, 4.69) is 22.0 Å². The highest BCUT2D eigenvalue weighted by atomic mass is 16.5. The molecule has 1 fully saturated rings. The van der Waals surface area contributed by atoms with Gasteiger partial charge in [-0.2, -0.15) is 0 Å². The number of hydrogen-bond acceptors (Lipinski definition) is 5. The fourth-order valence-corrected chi connectivity index (χ4v) is 3.57. The molecule has 29 heavy (non-hydrogen) atoms. The molecule has 2 heterocycles. The van der Waals surface area contributed by atoms with E-state index in [4.69, 9.17) is 9.47 Å². The van der Waals surface area contributed by atoms with Crippen molar-refractivity contribution in [3.63, 3.8) is 0 Å². The topological polar surface area (TPSA) is 54.9 Å². The average Bonchev–Trinajstić information content (AvgIpc) is 2.77. The third-order valence-electron chi connectivity index (χ3n) is 5.24. The van der Waals surface area contributed by atoms with Gasteiger partial charge < -0.3 is 19.3 Å². The summed E-state index contributed by atoms with van der Waals surface area (Å²) in [6, 6.07) is 17.8. The Hall–Kier alpha value is -3.28. The number of methoxy groups -OCH3 is 1. The largest absolute Gasteiger partial charge is 0.497 e. The van der Waals surface area contributed by atoms with E-state index >= 15 is 0 Å². The van der Waals surface area contributed by atoms with E-state index in [1.54, 1.807) is 7.11 Å². The summed E-state index contributed by atoms with van der Waals surface area (Å²) in [4.78, 5) is 21.3. The van der Waals surface area contributed by atoms with Crippen LogP contribution in [-0.2, 0) is 4.79 Å². The van der Waals surface area contributed by atoms with Crippen LogP contribution in [0.5, 0.6) is 11.5 Å². The molecule has 4 rings (SSSR count). The number of nitrogens with zero attached hydrogens (tertiary/aromatic N) is 3. The van der Waals surface area contributed by atoms with Crippen LogP contribution in [0.1, 0.15) is 5.69 Å². The molecule has 0 spiro atoms. The summed E-state index contributed by atoms with van der Waals surface area (Å²) in [7, 11) is 1.66. The highest BCUT2D eigenvalue weighted by Crippen LogP contribution is 2.24. The summed E-state index contributed by atoms with van der Waals surface area (Å²) in [5, 5.41) is 1.01. The number of fused-ring (bicyclic) bond motifs is 1.